The first-order valence-corrected chi connectivity index (χ1v) is 5.91. The standard InChI is InChI=1S/C11H14N4O4/c1-18-11-6-3-14-15(10(6)12-5-13-11)9-2-7(17)8(4-16)19-9/h3,5,7-9,16-17H,2,4H2,1H3/t7-,8+,9+/m0/s1. The molecule has 0 aliphatic carbocycles. The molecule has 102 valence electrons. The second-order valence-electron chi connectivity index (χ2n) is 4.32. The number of nitrogens with zero attached hydrogens (tertiary/aromatic N) is 4. The maximum Gasteiger partial charge on any atom is 0.227 e. The van der Waals surface area contributed by atoms with Gasteiger partial charge in [0.05, 0.1) is 26.0 Å². The lowest BCUT2D eigenvalue weighted by atomic mass is 10.2. The van der Waals surface area contributed by atoms with Gasteiger partial charge >= 0.3 is 0 Å². The number of hydrogen-bond acceptors (Lipinski definition) is 7. The summed E-state index contributed by atoms with van der Waals surface area (Å²) in [7, 11) is 1.52. The van der Waals surface area contributed by atoms with Crippen molar-refractivity contribution < 1.29 is 19.7 Å². The van der Waals surface area contributed by atoms with Crippen molar-refractivity contribution >= 4 is 11.0 Å². The highest BCUT2D eigenvalue weighted by atomic mass is 16.5. The molecule has 0 radical (unpaired) electrons. The molecule has 3 heterocycles. The fourth-order valence-corrected chi connectivity index (χ4v) is 2.24. The zero-order chi connectivity index (χ0) is 13.4. The van der Waals surface area contributed by atoms with Crippen LogP contribution in [-0.2, 0) is 4.74 Å². The van der Waals surface area contributed by atoms with Gasteiger partial charge in [-0.3, -0.25) is 0 Å². The van der Waals surface area contributed by atoms with Crippen LogP contribution in [0.1, 0.15) is 12.6 Å². The van der Waals surface area contributed by atoms with Crippen LogP contribution >= 0.6 is 0 Å². The third-order valence-electron chi connectivity index (χ3n) is 3.20. The fourth-order valence-electron chi connectivity index (χ4n) is 2.24. The largest absolute Gasteiger partial charge is 0.480 e. The van der Waals surface area contributed by atoms with E-state index in [9.17, 15) is 5.11 Å². The summed E-state index contributed by atoms with van der Waals surface area (Å²) in [5.41, 5.74) is 0.572. The van der Waals surface area contributed by atoms with Crippen molar-refractivity contribution in [2.45, 2.75) is 24.9 Å². The molecule has 19 heavy (non-hydrogen) atoms. The van der Waals surface area contributed by atoms with Gasteiger partial charge in [0.1, 0.15) is 17.8 Å². The smallest absolute Gasteiger partial charge is 0.227 e. The predicted octanol–water partition coefficient (Wildman–Crippen LogP) is -0.524. The number of aliphatic hydroxyl groups is 2. The minimum Gasteiger partial charge on any atom is -0.480 e. The van der Waals surface area contributed by atoms with Gasteiger partial charge < -0.3 is 19.7 Å². The van der Waals surface area contributed by atoms with Gasteiger partial charge in [-0.2, -0.15) is 5.10 Å². The Kier molecular flexibility index (Phi) is 3.05. The normalized spacial score (nSPS) is 27.0. The molecule has 8 nitrogen and oxygen atoms in total. The second kappa shape index (κ2) is 4.72. The lowest BCUT2D eigenvalue weighted by Crippen LogP contribution is -2.24. The molecule has 0 spiro atoms. The van der Waals surface area contributed by atoms with Crippen LogP contribution in [0.25, 0.3) is 11.0 Å². The van der Waals surface area contributed by atoms with E-state index in [4.69, 9.17) is 14.6 Å². The van der Waals surface area contributed by atoms with Crippen molar-refractivity contribution in [1.29, 1.82) is 0 Å². The average Bonchev–Trinajstić information content (AvgIpc) is 3.01. The Bertz CT molecular complexity index is 587. The maximum absolute atomic E-state index is 9.75. The van der Waals surface area contributed by atoms with E-state index in [1.54, 1.807) is 10.9 Å². The highest BCUT2D eigenvalue weighted by Gasteiger charge is 2.35. The fraction of sp³-hybridized carbons (Fsp3) is 0.545. The van der Waals surface area contributed by atoms with Crippen molar-refractivity contribution in [3.05, 3.63) is 12.5 Å². The van der Waals surface area contributed by atoms with E-state index in [-0.39, 0.29) is 6.61 Å². The number of hydrogen-bond donors (Lipinski definition) is 2. The van der Waals surface area contributed by atoms with Gasteiger partial charge in [0.15, 0.2) is 11.9 Å². The van der Waals surface area contributed by atoms with Crippen molar-refractivity contribution in [2.24, 2.45) is 0 Å². The molecule has 0 unspecified atom stereocenters. The highest BCUT2D eigenvalue weighted by molar-refractivity contribution is 5.79. The van der Waals surface area contributed by atoms with E-state index in [1.807, 2.05) is 0 Å². The SMILES string of the molecule is COc1ncnc2c1cnn2[C@H]1C[C@H](O)[C@@H](CO)O1. The molecule has 8 heteroatoms. The molecule has 1 saturated heterocycles. The van der Waals surface area contributed by atoms with Crippen molar-refractivity contribution in [3.63, 3.8) is 0 Å². The van der Waals surface area contributed by atoms with E-state index in [2.05, 4.69) is 15.1 Å². The quantitative estimate of drug-likeness (QED) is 0.770. The molecule has 2 aromatic heterocycles. The topological polar surface area (TPSA) is 103 Å². The Morgan fingerprint density at radius 1 is 1.53 bits per heavy atom. The summed E-state index contributed by atoms with van der Waals surface area (Å²) >= 11 is 0. The van der Waals surface area contributed by atoms with Crippen molar-refractivity contribution in [1.82, 2.24) is 19.7 Å². The highest BCUT2D eigenvalue weighted by Crippen LogP contribution is 2.31. The van der Waals surface area contributed by atoms with Crippen LogP contribution in [0.3, 0.4) is 0 Å². The second-order valence-corrected chi connectivity index (χ2v) is 4.32. The Labute approximate surface area is 108 Å². The van der Waals surface area contributed by atoms with Gasteiger partial charge in [-0.15, -0.1) is 0 Å². The molecule has 2 aromatic rings. The van der Waals surface area contributed by atoms with Crippen LogP contribution in [0.5, 0.6) is 5.88 Å². The summed E-state index contributed by atoms with van der Waals surface area (Å²) in [6, 6.07) is 0. The number of ether oxygens (including phenoxy) is 2. The minimum absolute atomic E-state index is 0.227. The molecule has 0 amide bonds. The minimum atomic E-state index is -0.710. The van der Waals surface area contributed by atoms with E-state index < -0.39 is 18.4 Å². The van der Waals surface area contributed by atoms with E-state index in [0.29, 0.717) is 23.3 Å². The molecule has 0 aromatic carbocycles. The molecule has 1 aliphatic heterocycles. The van der Waals surface area contributed by atoms with Crippen LogP contribution in [0, 0.1) is 0 Å². The number of rotatable bonds is 3. The molecular formula is C11H14N4O4. The summed E-state index contributed by atoms with van der Waals surface area (Å²) < 4.78 is 12.2. The molecule has 0 bridgehead atoms. The van der Waals surface area contributed by atoms with Gasteiger partial charge in [-0.25, -0.2) is 14.6 Å². The molecular weight excluding hydrogens is 252 g/mol. The summed E-state index contributed by atoms with van der Waals surface area (Å²) in [5.74, 6) is 0.438. The molecule has 3 atom stereocenters. The zero-order valence-corrected chi connectivity index (χ0v) is 10.3. The summed E-state index contributed by atoms with van der Waals surface area (Å²) in [5, 5.41) is 23.7. The van der Waals surface area contributed by atoms with Gasteiger partial charge in [-0.1, -0.05) is 0 Å². The number of aromatic nitrogens is 4. The Morgan fingerprint density at radius 3 is 3.05 bits per heavy atom. The van der Waals surface area contributed by atoms with Crippen LogP contribution < -0.4 is 4.74 Å². The molecule has 2 N–H and O–H groups in total. The first kappa shape index (κ1) is 12.3. The Morgan fingerprint density at radius 2 is 2.37 bits per heavy atom. The maximum atomic E-state index is 9.75. The predicted molar refractivity (Wildman–Crippen MR) is 63.5 cm³/mol. The van der Waals surface area contributed by atoms with Gasteiger partial charge in [0.25, 0.3) is 0 Å². The Hall–Kier alpha value is -1.77. The average molecular weight is 266 g/mol. The number of fused-ring (bicyclic) bond motifs is 1. The zero-order valence-electron chi connectivity index (χ0n) is 10.3. The first-order valence-electron chi connectivity index (χ1n) is 5.91. The van der Waals surface area contributed by atoms with Crippen molar-refractivity contribution in [2.75, 3.05) is 13.7 Å². The van der Waals surface area contributed by atoms with Crippen molar-refractivity contribution in [3.8, 4) is 5.88 Å². The molecule has 1 fully saturated rings. The third kappa shape index (κ3) is 1.93. The molecule has 1 aliphatic rings. The summed E-state index contributed by atoms with van der Waals surface area (Å²) in [4.78, 5) is 8.15. The monoisotopic (exact) mass is 266 g/mol. The Balaban J connectivity index is 1.98. The first-order chi connectivity index (χ1) is 9.24. The number of aliphatic hydroxyl groups excluding tert-OH is 2. The number of methoxy groups -OCH3 is 1. The van der Waals surface area contributed by atoms with E-state index in [0.717, 1.165) is 0 Å². The molecule has 0 saturated carbocycles. The lowest BCUT2D eigenvalue weighted by molar-refractivity contribution is -0.0470. The van der Waals surface area contributed by atoms with E-state index in [1.165, 1.54) is 13.4 Å². The van der Waals surface area contributed by atoms with E-state index >= 15 is 0 Å². The van der Waals surface area contributed by atoms with Gasteiger partial charge in [-0.05, 0) is 0 Å². The van der Waals surface area contributed by atoms with Crippen LogP contribution in [0.2, 0.25) is 0 Å². The van der Waals surface area contributed by atoms with Crippen LogP contribution in [0.15, 0.2) is 12.5 Å². The summed E-state index contributed by atoms with van der Waals surface area (Å²) in [6.07, 6.45) is 1.58. The van der Waals surface area contributed by atoms with Gasteiger partial charge in [0.2, 0.25) is 5.88 Å². The van der Waals surface area contributed by atoms with Gasteiger partial charge in [0, 0.05) is 6.42 Å². The van der Waals surface area contributed by atoms with Crippen LogP contribution in [0.4, 0.5) is 0 Å². The molecule has 3 rings (SSSR count). The lowest BCUT2D eigenvalue weighted by Gasteiger charge is -2.12. The third-order valence-corrected chi connectivity index (χ3v) is 3.20. The summed E-state index contributed by atoms with van der Waals surface area (Å²) in [6.45, 7) is -0.227. The van der Waals surface area contributed by atoms with Crippen LogP contribution in [-0.4, -0.2) is 55.9 Å².